The average Bonchev–Trinajstić information content (AvgIpc) is 3.07. The predicted molar refractivity (Wildman–Crippen MR) is 87.8 cm³/mol. The Morgan fingerprint density at radius 3 is 2.78 bits per heavy atom. The highest BCUT2D eigenvalue weighted by atomic mass is 35.5. The minimum absolute atomic E-state index is 0.0319. The van der Waals surface area contributed by atoms with Gasteiger partial charge in [-0.2, -0.15) is 0 Å². The summed E-state index contributed by atoms with van der Waals surface area (Å²) in [5.41, 5.74) is 0.300. The summed E-state index contributed by atoms with van der Waals surface area (Å²) in [7, 11) is 0. The Kier molecular flexibility index (Phi) is 3.97. The number of thiophene rings is 1. The number of nitrogens with zero attached hydrogens (tertiary/aromatic N) is 2. The van der Waals surface area contributed by atoms with Gasteiger partial charge in [0, 0.05) is 10.9 Å². The largest absolute Gasteiger partial charge is 0.401 e. The number of nitro benzene ring substituents is 1. The van der Waals surface area contributed by atoms with Crippen molar-refractivity contribution < 1.29 is 14.5 Å². The molecule has 0 aliphatic carbocycles. The number of hydrogen-bond donors (Lipinski definition) is 0. The number of carbonyl (C=O) groups excluding carboxylic acids is 1. The van der Waals surface area contributed by atoms with Crippen LogP contribution in [0.2, 0.25) is 5.02 Å². The van der Waals surface area contributed by atoms with Crippen molar-refractivity contribution in [2.24, 2.45) is 4.99 Å². The molecule has 0 amide bonds. The Morgan fingerprint density at radius 2 is 2.13 bits per heavy atom. The van der Waals surface area contributed by atoms with Gasteiger partial charge in [0.2, 0.25) is 5.90 Å². The van der Waals surface area contributed by atoms with Gasteiger partial charge < -0.3 is 4.74 Å². The minimum Gasteiger partial charge on any atom is -0.401 e. The van der Waals surface area contributed by atoms with Crippen LogP contribution < -0.4 is 0 Å². The number of carbonyl (C=O) groups is 1. The van der Waals surface area contributed by atoms with Crippen LogP contribution in [-0.2, 0) is 9.53 Å². The predicted octanol–water partition coefficient (Wildman–Crippen LogP) is 3.96. The summed E-state index contributed by atoms with van der Waals surface area (Å²) in [5, 5.41) is 10.9. The molecule has 0 atom stereocenters. The fraction of sp³-hybridized carbons (Fsp3) is 0.0667. The summed E-state index contributed by atoms with van der Waals surface area (Å²) in [6.07, 6.45) is 1.43. The van der Waals surface area contributed by atoms with Crippen molar-refractivity contribution in [3.05, 3.63) is 66.5 Å². The van der Waals surface area contributed by atoms with Crippen LogP contribution in [0.5, 0.6) is 0 Å². The number of nitro groups is 1. The van der Waals surface area contributed by atoms with Crippen LogP contribution in [0.1, 0.15) is 15.3 Å². The van der Waals surface area contributed by atoms with Crippen LogP contribution in [0.25, 0.3) is 6.08 Å². The van der Waals surface area contributed by atoms with E-state index in [0.29, 0.717) is 5.56 Å². The summed E-state index contributed by atoms with van der Waals surface area (Å²) in [4.78, 5) is 28.2. The third-order valence-electron chi connectivity index (χ3n) is 3.04. The highest BCUT2D eigenvalue weighted by Gasteiger charge is 2.25. The second-order valence-corrected chi connectivity index (χ2v) is 6.41. The van der Waals surface area contributed by atoms with Gasteiger partial charge in [-0.15, -0.1) is 11.3 Å². The number of aryl methyl sites for hydroxylation is 1. The van der Waals surface area contributed by atoms with Gasteiger partial charge in [0.15, 0.2) is 5.70 Å². The van der Waals surface area contributed by atoms with E-state index in [9.17, 15) is 14.9 Å². The molecule has 8 heteroatoms. The Hall–Kier alpha value is -2.51. The van der Waals surface area contributed by atoms with Gasteiger partial charge in [-0.1, -0.05) is 17.7 Å². The molecule has 0 unspecified atom stereocenters. The molecular formula is C15H9ClN2O4S. The maximum atomic E-state index is 11.9. The third kappa shape index (κ3) is 3.15. The van der Waals surface area contributed by atoms with Crippen LogP contribution in [0, 0.1) is 17.0 Å². The third-order valence-corrected chi connectivity index (χ3v) is 4.35. The van der Waals surface area contributed by atoms with Crippen LogP contribution in [-0.4, -0.2) is 16.8 Å². The molecule has 1 aliphatic rings. The molecule has 0 saturated heterocycles. The number of aliphatic imine (C=N–C) groups is 1. The number of hydrogen-bond acceptors (Lipinski definition) is 6. The first-order chi connectivity index (χ1) is 10.9. The first-order valence-electron chi connectivity index (χ1n) is 6.47. The van der Waals surface area contributed by atoms with Gasteiger partial charge in [-0.25, -0.2) is 9.79 Å². The lowest BCUT2D eigenvalue weighted by Crippen LogP contribution is -2.03. The van der Waals surface area contributed by atoms with E-state index in [0.717, 1.165) is 9.75 Å². The van der Waals surface area contributed by atoms with Gasteiger partial charge in [0.1, 0.15) is 5.02 Å². The second kappa shape index (κ2) is 5.94. The summed E-state index contributed by atoms with van der Waals surface area (Å²) >= 11 is 7.22. The number of halogens is 1. The summed E-state index contributed by atoms with van der Waals surface area (Å²) in [6, 6.07) is 7.98. The van der Waals surface area contributed by atoms with Gasteiger partial charge in [0.05, 0.1) is 9.80 Å². The zero-order valence-corrected chi connectivity index (χ0v) is 13.4. The fourth-order valence-corrected chi connectivity index (χ4v) is 2.96. The molecule has 1 aliphatic heterocycles. The van der Waals surface area contributed by atoms with Crippen molar-refractivity contribution in [3.8, 4) is 0 Å². The quantitative estimate of drug-likeness (QED) is 0.364. The molecule has 1 aromatic carbocycles. The van der Waals surface area contributed by atoms with Crippen LogP contribution in [0.4, 0.5) is 5.69 Å². The van der Waals surface area contributed by atoms with E-state index in [-0.39, 0.29) is 22.3 Å². The molecule has 3 rings (SSSR count). The summed E-state index contributed by atoms with van der Waals surface area (Å²) in [5.74, 6) is -0.355. The molecule has 2 heterocycles. The molecular weight excluding hydrogens is 340 g/mol. The molecule has 0 bridgehead atoms. The van der Waals surface area contributed by atoms with Crippen molar-refractivity contribution in [1.82, 2.24) is 0 Å². The molecule has 23 heavy (non-hydrogen) atoms. The Morgan fingerprint density at radius 1 is 1.35 bits per heavy atom. The first-order valence-corrected chi connectivity index (χ1v) is 7.67. The number of rotatable bonds is 3. The van der Waals surface area contributed by atoms with Gasteiger partial charge >= 0.3 is 5.97 Å². The van der Waals surface area contributed by atoms with Crippen LogP contribution in [0.15, 0.2) is 41.0 Å². The zero-order valence-electron chi connectivity index (χ0n) is 11.8. The molecule has 0 saturated carbocycles. The lowest BCUT2D eigenvalue weighted by atomic mass is 10.1. The molecule has 1 aromatic heterocycles. The van der Waals surface area contributed by atoms with Gasteiger partial charge in [-0.05, 0) is 36.8 Å². The van der Waals surface area contributed by atoms with Crippen molar-refractivity contribution in [2.75, 3.05) is 0 Å². The summed E-state index contributed by atoms with van der Waals surface area (Å²) in [6.45, 7) is 1.94. The lowest BCUT2D eigenvalue weighted by molar-refractivity contribution is -0.384. The monoisotopic (exact) mass is 348 g/mol. The second-order valence-electron chi connectivity index (χ2n) is 4.71. The normalized spacial score (nSPS) is 15.7. The number of benzene rings is 1. The Bertz CT molecular complexity index is 885. The fourth-order valence-electron chi connectivity index (χ4n) is 1.98. The molecule has 6 nitrogen and oxygen atoms in total. The highest BCUT2D eigenvalue weighted by Crippen LogP contribution is 2.28. The first kappa shape index (κ1) is 15.4. The molecule has 0 spiro atoms. The number of cyclic esters (lactones) is 1. The van der Waals surface area contributed by atoms with E-state index in [1.54, 1.807) is 6.07 Å². The molecule has 0 radical (unpaired) electrons. The lowest BCUT2D eigenvalue weighted by Gasteiger charge is -1.97. The molecule has 0 fully saturated rings. The zero-order chi connectivity index (χ0) is 16.6. The molecule has 2 aromatic rings. The van der Waals surface area contributed by atoms with Gasteiger partial charge in [-0.3, -0.25) is 10.1 Å². The molecule has 116 valence electrons. The Labute approximate surface area is 139 Å². The standard InChI is InChI=1S/C15H9ClN2O4S/c1-8-2-5-13(23-8)14-17-11(15(19)22-14)6-9-3-4-10(16)12(7-9)18(20)21/h2-7H,1H3/b11-6-. The maximum Gasteiger partial charge on any atom is 0.363 e. The van der Waals surface area contributed by atoms with E-state index in [4.69, 9.17) is 16.3 Å². The highest BCUT2D eigenvalue weighted by molar-refractivity contribution is 7.14. The average molecular weight is 349 g/mol. The Balaban J connectivity index is 1.96. The van der Waals surface area contributed by atoms with E-state index in [2.05, 4.69) is 4.99 Å². The number of ether oxygens (including phenoxy) is 1. The van der Waals surface area contributed by atoms with Gasteiger partial charge in [0.25, 0.3) is 5.69 Å². The molecule has 0 N–H and O–H groups in total. The summed E-state index contributed by atoms with van der Waals surface area (Å²) < 4.78 is 5.14. The van der Waals surface area contributed by atoms with E-state index in [1.165, 1.54) is 29.5 Å². The van der Waals surface area contributed by atoms with E-state index in [1.807, 2.05) is 19.1 Å². The van der Waals surface area contributed by atoms with E-state index >= 15 is 0 Å². The SMILES string of the molecule is Cc1ccc(C2=N/C(=C\c3ccc(Cl)c([N+](=O)[O-])c3)C(=O)O2)s1. The van der Waals surface area contributed by atoms with Crippen molar-refractivity contribution in [2.45, 2.75) is 6.92 Å². The van der Waals surface area contributed by atoms with Crippen molar-refractivity contribution in [3.63, 3.8) is 0 Å². The van der Waals surface area contributed by atoms with Crippen molar-refractivity contribution in [1.29, 1.82) is 0 Å². The smallest absolute Gasteiger partial charge is 0.363 e. The van der Waals surface area contributed by atoms with Crippen molar-refractivity contribution >= 4 is 46.6 Å². The van der Waals surface area contributed by atoms with E-state index < -0.39 is 10.9 Å². The van der Waals surface area contributed by atoms with Crippen LogP contribution >= 0.6 is 22.9 Å². The topological polar surface area (TPSA) is 81.8 Å². The van der Waals surface area contributed by atoms with Crippen LogP contribution in [0.3, 0.4) is 0 Å². The number of esters is 1. The minimum atomic E-state index is -0.594. The maximum absolute atomic E-state index is 11.9.